The normalized spacial score (nSPS) is 10.1. The number of nitrogens with zero attached hydrogens (tertiary/aromatic N) is 3. The molecule has 0 amide bonds. The lowest BCUT2D eigenvalue weighted by atomic mass is 10.1. The van der Waals surface area contributed by atoms with Crippen LogP contribution in [0.3, 0.4) is 0 Å². The zero-order valence-corrected chi connectivity index (χ0v) is 11.3. The van der Waals surface area contributed by atoms with Gasteiger partial charge in [-0.2, -0.15) is 0 Å². The van der Waals surface area contributed by atoms with E-state index in [9.17, 15) is 14.9 Å². The van der Waals surface area contributed by atoms with Crippen LogP contribution >= 0.6 is 0 Å². The Bertz CT molecular complexity index is 670. The van der Waals surface area contributed by atoms with Crippen LogP contribution in [-0.2, 0) is 6.54 Å². The van der Waals surface area contributed by atoms with Crippen LogP contribution in [0.5, 0.6) is 0 Å². The molecule has 1 heterocycles. The fourth-order valence-corrected chi connectivity index (χ4v) is 1.93. The minimum atomic E-state index is -0.990. The van der Waals surface area contributed by atoms with Gasteiger partial charge in [-0.05, 0) is 23.8 Å². The molecule has 2 rings (SSSR count). The molecular weight excluding hydrogens is 274 g/mol. The SMILES string of the molecule is CN(Cc1ccc(C(=O)O)cc1)c1ncccc1[N+](=O)[O-]. The summed E-state index contributed by atoms with van der Waals surface area (Å²) in [5.74, 6) is -0.722. The summed E-state index contributed by atoms with van der Waals surface area (Å²) in [6.07, 6.45) is 1.49. The Morgan fingerprint density at radius 2 is 2.00 bits per heavy atom. The second-order valence-corrected chi connectivity index (χ2v) is 4.46. The fourth-order valence-electron chi connectivity index (χ4n) is 1.93. The minimum Gasteiger partial charge on any atom is -0.478 e. The van der Waals surface area contributed by atoms with Crippen LogP contribution < -0.4 is 4.90 Å². The number of carbonyl (C=O) groups is 1. The van der Waals surface area contributed by atoms with E-state index in [2.05, 4.69) is 4.98 Å². The first-order valence-electron chi connectivity index (χ1n) is 6.12. The largest absolute Gasteiger partial charge is 0.478 e. The van der Waals surface area contributed by atoms with E-state index in [4.69, 9.17) is 5.11 Å². The van der Waals surface area contributed by atoms with Gasteiger partial charge in [0.1, 0.15) is 0 Å². The second-order valence-electron chi connectivity index (χ2n) is 4.46. The van der Waals surface area contributed by atoms with Crippen LogP contribution in [0.2, 0.25) is 0 Å². The van der Waals surface area contributed by atoms with E-state index in [1.165, 1.54) is 30.5 Å². The molecule has 0 spiro atoms. The van der Waals surface area contributed by atoms with Crippen LogP contribution in [0.1, 0.15) is 15.9 Å². The minimum absolute atomic E-state index is 0.0674. The van der Waals surface area contributed by atoms with E-state index < -0.39 is 10.9 Å². The summed E-state index contributed by atoms with van der Waals surface area (Å²) < 4.78 is 0. The lowest BCUT2D eigenvalue weighted by molar-refractivity contribution is -0.384. The van der Waals surface area contributed by atoms with Gasteiger partial charge in [-0.1, -0.05) is 12.1 Å². The topological polar surface area (TPSA) is 96.6 Å². The highest BCUT2D eigenvalue weighted by molar-refractivity contribution is 5.87. The molecule has 0 fully saturated rings. The Labute approximate surface area is 120 Å². The molecule has 7 nitrogen and oxygen atoms in total. The third-order valence-corrected chi connectivity index (χ3v) is 2.94. The van der Waals surface area contributed by atoms with E-state index in [0.717, 1.165) is 5.56 Å². The molecular formula is C14H13N3O4. The Kier molecular flexibility index (Phi) is 4.13. The molecule has 1 N–H and O–H groups in total. The predicted molar refractivity (Wildman–Crippen MR) is 76.4 cm³/mol. The summed E-state index contributed by atoms with van der Waals surface area (Å²) >= 11 is 0. The maximum Gasteiger partial charge on any atom is 0.335 e. The third-order valence-electron chi connectivity index (χ3n) is 2.94. The predicted octanol–water partition coefficient (Wildman–Crippen LogP) is 2.32. The van der Waals surface area contributed by atoms with E-state index >= 15 is 0 Å². The summed E-state index contributed by atoms with van der Waals surface area (Å²) in [6.45, 7) is 0.387. The highest BCUT2D eigenvalue weighted by atomic mass is 16.6. The molecule has 7 heteroatoms. The van der Waals surface area contributed by atoms with Crippen LogP contribution in [0.25, 0.3) is 0 Å². The third kappa shape index (κ3) is 3.33. The Morgan fingerprint density at radius 3 is 2.57 bits per heavy atom. The lowest BCUT2D eigenvalue weighted by Crippen LogP contribution is -2.19. The molecule has 1 aromatic carbocycles. The number of carboxylic acid groups (broad SMARTS) is 1. The number of rotatable bonds is 5. The first-order valence-corrected chi connectivity index (χ1v) is 6.12. The fraction of sp³-hybridized carbons (Fsp3) is 0.143. The molecule has 0 saturated heterocycles. The van der Waals surface area contributed by atoms with Crippen molar-refractivity contribution >= 4 is 17.5 Å². The van der Waals surface area contributed by atoms with Gasteiger partial charge in [-0.25, -0.2) is 9.78 Å². The van der Waals surface area contributed by atoms with Crippen LogP contribution in [0.15, 0.2) is 42.6 Å². The zero-order valence-electron chi connectivity index (χ0n) is 11.3. The quantitative estimate of drug-likeness (QED) is 0.669. The zero-order chi connectivity index (χ0) is 15.4. The Morgan fingerprint density at radius 1 is 1.33 bits per heavy atom. The summed E-state index contributed by atoms with van der Waals surface area (Å²) in [4.78, 5) is 27.0. The first kappa shape index (κ1) is 14.4. The molecule has 0 bridgehead atoms. The number of hydrogen-bond acceptors (Lipinski definition) is 5. The molecule has 0 unspecified atom stereocenters. The van der Waals surface area contributed by atoms with Crippen molar-refractivity contribution in [3.8, 4) is 0 Å². The van der Waals surface area contributed by atoms with Gasteiger partial charge < -0.3 is 10.0 Å². The van der Waals surface area contributed by atoms with Gasteiger partial charge in [0.25, 0.3) is 0 Å². The van der Waals surface area contributed by atoms with Crippen molar-refractivity contribution in [2.45, 2.75) is 6.54 Å². The first-order chi connectivity index (χ1) is 9.99. The monoisotopic (exact) mass is 287 g/mol. The van der Waals surface area contributed by atoms with Crippen LogP contribution in [0.4, 0.5) is 11.5 Å². The maximum atomic E-state index is 11.0. The summed E-state index contributed by atoms with van der Waals surface area (Å²) in [5, 5.41) is 19.8. The number of anilines is 1. The number of aromatic carboxylic acids is 1. The number of benzene rings is 1. The number of aromatic nitrogens is 1. The molecule has 21 heavy (non-hydrogen) atoms. The average Bonchev–Trinajstić information content (AvgIpc) is 2.47. The average molecular weight is 287 g/mol. The molecule has 0 radical (unpaired) electrons. The van der Waals surface area contributed by atoms with Crippen LogP contribution in [-0.4, -0.2) is 28.0 Å². The van der Waals surface area contributed by atoms with E-state index in [0.29, 0.717) is 6.54 Å². The Hall–Kier alpha value is -2.96. The highest BCUT2D eigenvalue weighted by Crippen LogP contribution is 2.24. The van der Waals surface area contributed by atoms with Gasteiger partial charge in [-0.15, -0.1) is 0 Å². The molecule has 0 aliphatic rings. The van der Waals surface area contributed by atoms with Crippen molar-refractivity contribution in [3.63, 3.8) is 0 Å². The van der Waals surface area contributed by atoms with E-state index in [1.807, 2.05) is 0 Å². The number of pyridine rings is 1. The molecule has 2 aromatic rings. The highest BCUT2D eigenvalue weighted by Gasteiger charge is 2.18. The standard InChI is InChI=1S/C14H13N3O4/c1-16(13-12(17(20)21)3-2-8-15-13)9-10-4-6-11(7-5-10)14(18)19/h2-8H,9H2,1H3,(H,18,19). The summed E-state index contributed by atoms with van der Waals surface area (Å²) in [6, 6.07) is 9.25. The van der Waals surface area contributed by atoms with Crippen molar-refractivity contribution in [3.05, 3.63) is 63.8 Å². The smallest absolute Gasteiger partial charge is 0.335 e. The molecule has 0 atom stereocenters. The maximum absolute atomic E-state index is 11.0. The molecule has 0 aliphatic carbocycles. The molecule has 1 aromatic heterocycles. The second kappa shape index (κ2) is 6.00. The number of carboxylic acids is 1. The molecule has 0 saturated carbocycles. The number of nitro groups is 1. The molecule has 108 valence electrons. The van der Waals surface area contributed by atoms with Gasteiger partial charge in [0.15, 0.2) is 0 Å². The number of hydrogen-bond donors (Lipinski definition) is 1. The van der Waals surface area contributed by atoms with Crippen molar-refractivity contribution in [2.75, 3.05) is 11.9 Å². The lowest BCUT2D eigenvalue weighted by Gasteiger charge is -2.17. The van der Waals surface area contributed by atoms with Crippen molar-refractivity contribution in [1.29, 1.82) is 0 Å². The van der Waals surface area contributed by atoms with Gasteiger partial charge in [0, 0.05) is 25.9 Å². The van der Waals surface area contributed by atoms with Crippen LogP contribution in [0, 0.1) is 10.1 Å². The van der Waals surface area contributed by atoms with Crippen molar-refractivity contribution in [1.82, 2.24) is 4.98 Å². The van der Waals surface area contributed by atoms with Crippen molar-refractivity contribution < 1.29 is 14.8 Å². The van der Waals surface area contributed by atoms with E-state index in [1.54, 1.807) is 24.1 Å². The molecule has 0 aliphatic heterocycles. The summed E-state index contributed by atoms with van der Waals surface area (Å²) in [5.41, 5.74) is 0.967. The summed E-state index contributed by atoms with van der Waals surface area (Å²) in [7, 11) is 1.69. The van der Waals surface area contributed by atoms with E-state index in [-0.39, 0.29) is 17.1 Å². The Balaban J connectivity index is 2.20. The van der Waals surface area contributed by atoms with Crippen molar-refractivity contribution in [2.24, 2.45) is 0 Å². The van der Waals surface area contributed by atoms with Gasteiger partial charge in [-0.3, -0.25) is 10.1 Å². The van der Waals surface area contributed by atoms with Gasteiger partial charge in [0.05, 0.1) is 10.5 Å². The van der Waals surface area contributed by atoms with Gasteiger partial charge in [0.2, 0.25) is 5.82 Å². The van der Waals surface area contributed by atoms with Gasteiger partial charge >= 0.3 is 11.7 Å².